The van der Waals surface area contributed by atoms with E-state index in [0.717, 1.165) is 24.3 Å². The Kier molecular flexibility index (Phi) is 5.71. The highest BCUT2D eigenvalue weighted by Gasteiger charge is 2.14. The summed E-state index contributed by atoms with van der Waals surface area (Å²) in [5.74, 6) is 0.0649. The topological polar surface area (TPSA) is 41.6 Å². The first-order chi connectivity index (χ1) is 12.0. The zero-order valence-corrected chi connectivity index (χ0v) is 15.5. The van der Waals surface area contributed by atoms with Gasteiger partial charge in [0, 0.05) is 24.5 Å². The average Bonchev–Trinajstić information content (AvgIpc) is 3.11. The van der Waals surface area contributed by atoms with Gasteiger partial charge in [-0.25, -0.2) is 0 Å². The monoisotopic (exact) mass is 378 g/mol. The fraction of sp³-hybridized carbons (Fsp3) is 0.316. The smallest absolute Gasteiger partial charge is 0.262 e. The third kappa shape index (κ3) is 4.39. The van der Waals surface area contributed by atoms with Crippen LogP contribution in [-0.2, 0) is 4.79 Å². The molecule has 1 saturated heterocycles. The Bertz CT molecular complexity index is 754. The van der Waals surface area contributed by atoms with E-state index in [-0.39, 0.29) is 12.5 Å². The van der Waals surface area contributed by atoms with E-state index in [1.54, 1.807) is 18.2 Å². The van der Waals surface area contributed by atoms with E-state index in [1.807, 2.05) is 19.1 Å². The number of aryl methyl sites for hydroxylation is 1. The summed E-state index contributed by atoms with van der Waals surface area (Å²) in [6.45, 7) is 4.02. The predicted octanol–water partition coefficient (Wildman–Crippen LogP) is 4.92. The summed E-state index contributed by atoms with van der Waals surface area (Å²) >= 11 is 12.1. The second-order valence-corrected chi connectivity index (χ2v) is 6.90. The van der Waals surface area contributed by atoms with Crippen molar-refractivity contribution in [3.63, 3.8) is 0 Å². The van der Waals surface area contributed by atoms with E-state index in [4.69, 9.17) is 27.9 Å². The van der Waals surface area contributed by atoms with Gasteiger partial charge in [0.25, 0.3) is 5.91 Å². The van der Waals surface area contributed by atoms with Crippen LogP contribution in [0.4, 0.5) is 11.4 Å². The van der Waals surface area contributed by atoms with Crippen molar-refractivity contribution in [2.75, 3.05) is 29.9 Å². The summed E-state index contributed by atoms with van der Waals surface area (Å²) < 4.78 is 5.46. The number of anilines is 2. The zero-order valence-electron chi connectivity index (χ0n) is 14.0. The summed E-state index contributed by atoms with van der Waals surface area (Å²) in [6, 6.07) is 11.1. The van der Waals surface area contributed by atoms with Crippen LogP contribution in [0.1, 0.15) is 18.4 Å². The Labute approximate surface area is 157 Å². The molecule has 1 aliphatic rings. The van der Waals surface area contributed by atoms with E-state index in [9.17, 15) is 4.79 Å². The van der Waals surface area contributed by atoms with Gasteiger partial charge in [-0.15, -0.1) is 0 Å². The Hall–Kier alpha value is -1.91. The third-order valence-corrected chi connectivity index (χ3v) is 4.82. The second-order valence-electron chi connectivity index (χ2n) is 6.08. The van der Waals surface area contributed by atoms with Crippen LogP contribution in [0.5, 0.6) is 5.75 Å². The quantitative estimate of drug-likeness (QED) is 0.802. The Morgan fingerprint density at radius 1 is 1.16 bits per heavy atom. The minimum atomic E-state index is -0.256. The molecule has 0 spiro atoms. The molecule has 0 unspecified atom stereocenters. The number of ether oxygens (including phenoxy) is 1. The number of carbonyl (C=O) groups excluding carboxylic acids is 1. The molecular weight excluding hydrogens is 359 g/mol. The van der Waals surface area contributed by atoms with Crippen LogP contribution in [0.2, 0.25) is 10.0 Å². The van der Waals surface area contributed by atoms with Gasteiger partial charge in [0.05, 0.1) is 10.0 Å². The van der Waals surface area contributed by atoms with Crippen LogP contribution in [0.3, 0.4) is 0 Å². The predicted molar refractivity (Wildman–Crippen MR) is 103 cm³/mol. The molecule has 132 valence electrons. The van der Waals surface area contributed by atoms with Gasteiger partial charge in [0.1, 0.15) is 0 Å². The fourth-order valence-electron chi connectivity index (χ4n) is 2.90. The lowest BCUT2D eigenvalue weighted by molar-refractivity contribution is -0.118. The van der Waals surface area contributed by atoms with Crippen molar-refractivity contribution in [3.05, 3.63) is 52.0 Å². The first-order valence-electron chi connectivity index (χ1n) is 8.27. The fourth-order valence-corrected chi connectivity index (χ4v) is 3.41. The summed E-state index contributed by atoms with van der Waals surface area (Å²) in [5, 5.41) is 3.63. The van der Waals surface area contributed by atoms with Crippen LogP contribution in [0, 0.1) is 6.92 Å². The van der Waals surface area contributed by atoms with Crippen molar-refractivity contribution in [1.29, 1.82) is 0 Å². The highest BCUT2D eigenvalue weighted by atomic mass is 35.5. The molecule has 1 N–H and O–H groups in total. The molecule has 2 aromatic rings. The summed E-state index contributed by atoms with van der Waals surface area (Å²) in [6.07, 6.45) is 2.47. The van der Waals surface area contributed by atoms with Crippen molar-refractivity contribution in [2.24, 2.45) is 0 Å². The van der Waals surface area contributed by atoms with Gasteiger partial charge in [0.2, 0.25) is 0 Å². The SMILES string of the molecule is Cc1cc(N2CCCC2)ccc1NC(=O)COc1c(Cl)cccc1Cl. The molecule has 0 atom stereocenters. The highest BCUT2D eigenvalue weighted by molar-refractivity contribution is 6.37. The van der Waals surface area contributed by atoms with Crippen LogP contribution >= 0.6 is 23.2 Å². The normalized spacial score (nSPS) is 13.8. The molecule has 0 aromatic heterocycles. The minimum absolute atomic E-state index is 0.156. The lowest BCUT2D eigenvalue weighted by atomic mass is 10.1. The van der Waals surface area contributed by atoms with Crippen molar-refractivity contribution in [1.82, 2.24) is 0 Å². The van der Waals surface area contributed by atoms with E-state index in [2.05, 4.69) is 16.3 Å². The van der Waals surface area contributed by atoms with E-state index < -0.39 is 0 Å². The number of benzene rings is 2. The molecule has 1 amide bonds. The van der Waals surface area contributed by atoms with Crippen LogP contribution in [0.15, 0.2) is 36.4 Å². The number of nitrogens with one attached hydrogen (secondary N) is 1. The van der Waals surface area contributed by atoms with Gasteiger partial charge in [-0.05, 0) is 55.7 Å². The molecule has 2 aromatic carbocycles. The molecule has 0 bridgehead atoms. The zero-order chi connectivity index (χ0) is 17.8. The average molecular weight is 379 g/mol. The Morgan fingerprint density at radius 3 is 2.48 bits per heavy atom. The third-order valence-electron chi connectivity index (χ3n) is 4.22. The van der Waals surface area contributed by atoms with Crippen LogP contribution in [-0.4, -0.2) is 25.6 Å². The van der Waals surface area contributed by atoms with E-state index >= 15 is 0 Å². The van der Waals surface area contributed by atoms with E-state index in [0.29, 0.717) is 15.8 Å². The van der Waals surface area contributed by atoms with Crippen molar-refractivity contribution in [3.8, 4) is 5.75 Å². The summed E-state index contributed by atoms with van der Waals surface area (Å²) in [5.41, 5.74) is 3.00. The van der Waals surface area contributed by atoms with Gasteiger partial charge >= 0.3 is 0 Å². The number of para-hydroxylation sites is 1. The first kappa shape index (κ1) is 17.9. The van der Waals surface area contributed by atoms with E-state index in [1.165, 1.54) is 18.5 Å². The minimum Gasteiger partial charge on any atom is -0.481 e. The lowest BCUT2D eigenvalue weighted by Gasteiger charge is -2.19. The molecule has 6 heteroatoms. The second kappa shape index (κ2) is 7.98. The Morgan fingerprint density at radius 2 is 1.84 bits per heavy atom. The molecule has 0 aliphatic carbocycles. The molecule has 0 saturated carbocycles. The molecule has 1 fully saturated rings. The maximum atomic E-state index is 12.2. The number of hydrogen-bond donors (Lipinski definition) is 1. The van der Waals surface area contributed by atoms with Gasteiger partial charge in [-0.3, -0.25) is 4.79 Å². The van der Waals surface area contributed by atoms with Crippen molar-refractivity contribution >= 4 is 40.5 Å². The molecule has 4 nitrogen and oxygen atoms in total. The largest absolute Gasteiger partial charge is 0.481 e. The first-order valence-corrected chi connectivity index (χ1v) is 9.02. The number of nitrogens with zero attached hydrogens (tertiary/aromatic N) is 1. The number of rotatable bonds is 5. The molecule has 3 rings (SSSR count). The van der Waals surface area contributed by atoms with Crippen LogP contribution in [0.25, 0.3) is 0 Å². The molecule has 25 heavy (non-hydrogen) atoms. The number of hydrogen-bond acceptors (Lipinski definition) is 3. The number of carbonyl (C=O) groups is 1. The Balaban J connectivity index is 1.61. The summed E-state index contributed by atoms with van der Waals surface area (Å²) in [4.78, 5) is 14.5. The summed E-state index contributed by atoms with van der Waals surface area (Å²) in [7, 11) is 0. The number of halogens is 2. The van der Waals surface area contributed by atoms with Crippen LogP contribution < -0.4 is 15.0 Å². The lowest BCUT2D eigenvalue weighted by Crippen LogP contribution is -2.21. The molecule has 1 heterocycles. The maximum Gasteiger partial charge on any atom is 0.262 e. The van der Waals surface area contributed by atoms with Gasteiger partial charge < -0.3 is 15.0 Å². The molecular formula is C19H20Cl2N2O2. The molecule has 0 radical (unpaired) electrons. The molecule has 1 aliphatic heterocycles. The standard InChI is InChI=1S/C19H20Cl2N2O2/c1-13-11-14(23-9-2-3-10-23)7-8-17(13)22-18(24)12-25-19-15(20)5-4-6-16(19)21/h4-8,11H,2-3,9-10,12H2,1H3,(H,22,24). The number of amides is 1. The van der Waals surface area contributed by atoms with Gasteiger partial charge in [-0.2, -0.15) is 0 Å². The highest BCUT2D eigenvalue weighted by Crippen LogP contribution is 2.32. The van der Waals surface area contributed by atoms with Gasteiger partial charge in [0.15, 0.2) is 12.4 Å². The van der Waals surface area contributed by atoms with Gasteiger partial charge in [-0.1, -0.05) is 29.3 Å². The maximum absolute atomic E-state index is 12.2. The van der Waals surface area contributed by atoms with Crippen molar-refractivity contribution in [2.45, 2.75) is 19.8 Å². The van der Waals surface area contributed by atoms with Crippen molar-refractivity contribution < 1.29 is 9.53 Å².